The molecule has 0 saturated carbocycles. The molecule has 8 heteroatoms. The first-order valence-electron chi connectivity index (χ1n) is 4.92. The number of nitrogens with one attached hydrogen (secondary N) is 1. The second-order valence-electron chi connectivity index (χ2n) is 3.34. The molecule has 0 radical (unpaired) electrons. The van der Waals surface area contributed by atoms with E-state index < -0.39 is 41.9 Å². The fraction of sp³-hybridized carbons (Fsp3) is 0.300. The Labute approximate surface area is 100 Å². The summed E-state index contributed by atoms with van der Waals surface area (Å²) < 4.78 is 26.0. The number of aliphatic carboxylic acids is 1. The number of nitrogens with zero attached hydrogens (tertiary/aromatic N) is 1. The summed E-state index contributed by atoms with van der Waals surface area (Å²) in [5.74, 6) is -5.37. The van der Waals surface area contributed by atoms with E-state index in [1.807, 2.05) is 5.32 Å². The molecule has 1 heterocycles. The lowest BCUT2D eigenvalue weighted by Gasteiger charge is -2.13. The van der Waals surface area contributed by atoms with Gasteiger partial charge in [0.15, 0.2) is 5.82 Å². The third-order valence-electron chi connectivity index (χ3n) is 2.11. The Morgan fingerprint density at radius 1 is 1.44 bits per heavy atom. The third-order valence-corrected chi connectivity index (χ3v) is 2.11. The molecule has 18 heavy (non-hydrogen) atoms. The van der Waals surface area contributed by atoms with Crippen LogP contribution in [0, 0.1) is 11.8 Å². The van der Waals surface area contributed by atoms with Gasteiger partial charge in [0.2, 0.25) is 5.95 Å². The number of hydrogen-bond donors (Lipinski definition) is 3. The molecule has 1 atom stereocenters. The van der Waals surface area contributed by atoms with Gasteiger partial charge in [-0.05, 0) is 6.07 Å². The minimum absolute atomic E-state index is 0.240. The van der Waals surface area contributed by atoms with E-state index in [2.05, 4.69) is 4.98 Å². The highest BCUT2D eigenvalue weighted by atomic mass is 19.2. The van der Waals surface area contributed by atoms with Crippen molar-refractivity contribution in [3.63, 3.8) is 0 Å². The molecule has 98 valence electrons. The molecule has 0 aliphatic carbocycles. The molecule has 0 spiro atoms. The first-order chi connectivity index (χ1) is 8.47. The molecule has 3 N–H and O–H groups in total. The number of aliphatic hydroxyl groups is 1. The monoisotopic (exact) mass is 260 g/mol. The van der Waals surface area contributed by atoms with E-state index in [4.69, 9.17) is 10.2 Å². The van der Waals surface area contributed by atoms with E-state index >= 15 is 0 Å². The summed E-state index contributed by atoms with van der Waals surface area (Å²) in [4.78, 5) is 25.2. The van der Waals surface area contributed by atoms with Gasteiger partial charge in [-0.3, -0.25) is 4.79 Å². The van der Waals surface area contributed by atoms with E-state index in [9.17, 15) is 18.4 Å². The Hall–Kier alpha value is -2.09. The molecule has 1 rings (SSSR count). The number of carboxylic acids is 1. The normalized spacial score (nSPS) is 11.9. The summed E-state index contributed by atoms with van der Waals surface area (Å²) in [7, 11) is 0. The van der Waals surface area contributed by atoms with Crippen LogP contribution in [0.5, 0.6) is 0 Å². The van der Waals surface area contributed by atoms with Crippen molar-refractivity contribution in [3.05, 3.63) is 29.6 Å². The largest absolute Gasteiger partial charge is 0.480 e. The molecule has 0 aliphatic rings. The maximum Gasteiger partial charge on any atom is 0.326 e. The predicted molar refractivity (Wildman–Crippen MR) is 54.7 cm³/mol. The molecule has 0 bridgehead atoms. The Balaban J connectivity index is 2.87. The van der Waals surface area contributed by atoms with Gasteiger partial charge in [-0.25, -0.2) is 14.2 Å². The minimum Gasteiger partial charge on any atom is -0.480 e. The highest BCUT2D eigenvalue weighted by Gasteiger charge is 2.23. The van der Waals surface area contributed by atoms with Crippen LogP contribution in [-0.4, -0.2) is 39.7 Å². The van der Waals surface area contributed by atoms with Gasteiger partial charge >= 0.3 is 5.97 Å². The molecule has 0 saturated heterocycles. The van der Waals surface area contributed by atoms with Crippen LogP contribution in [0.15, 0.2) is 12.3 Å². The Kier molecular flexibility index (Phi) is 4.67. The van der Waals surface area contributed by atoms with Crippen molar-refractivity contribution >= 4 is 11.9 Å². The van der Waals surface area contributed by atoms with Gasteiger partial charge in [-0.15, -0.1) is 0 Å². The van der Waals surface area contributed by atoms with Crippen LogP contribution in [0.1, 0.15) is 16.8 Å². The van der Waals surface area contributed by atoms with E-state index in [1.54, 1.807) is 0 Å². The van der Waals surface area contributed by atoms with Gasteiger partial charge in [-0.1, -0.05) is 0 Å². The maximum atomic E-state index is 13.2. The quantitative estimate of drug-likeness (QED) is 0.643. The molecule has 6 nitrogen and oxygen atoms in total. The SMILES string of the molecule is O=C(NC(CCO)C(=O)O)c1ccnc(F)c1F. The fourth-order valence-corrected chi connectivity index (χ4v) is 1.22. The smallest absolute Gasteiger partial charge is 0.326 e. The minimum atomic E-state index is -1.46. The van der Waals surface area contributed by atoms with Crippen molar-refractivity contribution in [2.24, 2.45) is 0 Å². The molecule has 1 aromatic heterocycles. The standard InChI is InChI=1S/C10H10F2N2O4/c11-7-5(1-3-13-8(7)12)9(16)14-6(2-4-15)10(17)18/h1,3,6,15H,2,4H2,(H,14,16)(H,17,18). The number of rotatable bonds is 5. The lowest BCUT2D eigenvalue weighted by Crippen LogP contribution is -2.41. The molecular formula is C10H10F2N2O4. The van der Waals surface area contributed by atoms with Crippen LogP contribution in [-0.2, 0) is 4.79 Å². The average molecular weight is 260 g/mol. The zero-order valence-electron chi connectivity index (χ0n) is 9.06. The van der Waals surface area contributed by atoms with Crippen LogP contribution in [0.25, 0.3) is 0 Å². The zero-order valence-corrected chi connectivity index (χ0v) is 9.06. The van der Waals surface area contributed by atoms with Gasteiger partial charge in [0.05, 0.1) is 5.56 Å². The van der Waals surface area contributed by atoms with Crippen LogP contribution in [0.3, 0.4) is 0 Å². The number of carboxylic acid groups (broad SMARTS) is 1. The lowest BCUT2D eigenvalue weighted by molar-refractivity contribution is -0.139. The summed E-state index contributed by atoms with van der Waals surface area (Å²) in [6, 6.07) is -0.455. The topological polar surface area (TPSA) is 99.5 Å². The van der Waals surface area contributed by atoms with Crippen molar-refractivity contribution in [3.8, 4) is 0 Å². The van der Waals surface area contributed by atoms with Crippen LogP contribution in [0.4, 0.5) is 8.78 Å². The van der Waals surface area contributed by atoms with Gasteiger partial charge in [-0.2, -0.15) is 4.39 Å². The number of pyridine rings is 1. The van der Waals surface area contributed by atoms with E-state index in [1.165, 1.54) is 0 Å². The van der Waals surface area contributed by atoms with Crippen molar-refractivity contribution in [2.75, 3.05) is 6.61 Å². The molecule has 1 aromatic rings. The van der Waals surface area contributed by atoms with Crippen LogP contribution in [0.2, 0.25) is 0 Å². The summed E-state index contributed by atoms with van der Waals surface area (Å²) >= 11 is 0. The lowest BCUT2D eigenvalue weighted by atomic mass is 10.2. The molecule has 1 amide bonds. The van der Waals surface area contributed by atoms with Crippen LogP contribution < -0.4 is 5.32 Å². The molecule has 0 aliphatic heterocycles. The number of carbonyl (C=O) groups excluding carboxylic acids is 1. The number of aromatic nitrogens is 1. The van der Waals surface area contributed by atoms with Crippen molar-refractivity contribution in [2.45, 2.75) is 12.5 Å². The highest BCUT2D eigenvalue weighted by Crippen LogP contribution is 2.09. The van der Waals surface area contributed by atoms with Crippen LogP contribution >= 0.6 is 0 Å². The first-order valence-corrected chi connectivity index (χ1v) is 4.92. The van der Waals surface area contributed by atoms with Gasteiger partial charge in [0.1, 0.15) is 6.04 Å². The van der Waals surface area contributed by atoms with Gasteiger partial charge in [0.25, 0.3) is 5.91 Å². The second-order valence-corrected chi connectivity index (χ2v) is 3.34. The zero-order chi connectivity index (χ0) is 13.7. The summed E-state index contributed by atoms with van der Waals surface area (Å²) in [5, 5.41) is 19.3. The van der Waals surface area contributed by atoms with E-state index in [0.717, 1.165) is 12.3 Å². The first kappa shape index (κ1) is 14.0. The number of aliphatic hydroxyl groups excluding tert-OH is 1. The summed E-state index contributed by atoms with van der Waals surface area (Å²) in [6.45, 7) is -0.468. The van der Waals surface area contributed by atoms with E-state index in [-0.39, 0.29) is 6.42 Å². The summed E-state index contributed by atoms with van der Waals surface area (Å²) in [6.07, 6.45) is 0.644. The molecule has 0 fully saturated rings. The predicted octanol–water partition coefficient (Wildman–Crippen LogP) is -0.0748. The Bertz CT molecular complexity index is 467. The van der Waals surface area contributed by atoms with Crippen molar-refractivity contribution in [1.82, 2.24) is 10.3 Å². The molecular weight excluding hydrogens is 250 g/mol. The number of halogens is 2. The Morgan fingerprint density at radius 3 is 2.67 bits per heavy atom. The van der Waals surface area contributed by atoms with E-state index in [0.29, 0.717) is 0 Å². The van der Waals surface area contributed by atoms with Gasteiger partial charge in [0, 0.05) is 19.2 Å². The van der Waals surface area contributed by atoms with Gasteiger partial charge < -0.3 is 15.5 Å². The highest BCUT2D eigenvalue weighted by molar-refractivity contribution is 5.96. The summed E-state index contributed by atoms with van der Waals surface area (Å²) in [5.41, 5.74) is -0.647. The Morgan fingerprint density at radius 2 is 2.11 bits per heavy atom. The number of carbonyl (C=O) groups is 2. The third kappa shape index (κ3) is 3.20. The maximum absolute atomic E-state index is 13.2. The van der Waals surface area contributed by atoms with Crippen molar-refractivity contribution in [1.29, 1.82) is 0 Å². The van der Waals surface area contributed by atoms with Crippen molar-refractivity contribution < 1.29 is 28.6 Å². The second kappa shape index (κ2) is 6.01. The molecule has 1 unspecified atom stereocenters. The molecule has 0 aromatic carbocycles. The fourth-order valence-electron chi connectivity index (χ4n) is 1.22. The number of hydrogen-bond acceptors (Lipinski definition) is 4. The average Bonchev–Trinajstić information content (AvgIpc) is 2.31. The number of amides is 1.